The van der Waals surface area contributed by atoms with Crippen molar-refractivity contribution in [3.8, 4) is 0 Å². The Kier molecular flexibility index (Phi) is 5.20. The maximum absolute atomic E-state index is 12.5. The highest BCUT2D eigenvalue weighted by Gasteiger charge is 2.22. The lowest BCUT2D eigenvalue weighted by molar-refractivity contribution is 0.0643. The number of hydrogen-bond donors (Lipinski definition) is 1. The first-order valence-corrected chi connectivity index (χ1v) is 7.45. The molecule has 1 aromatic rings. The Morgan fingerprint density at radius 3 is 2.60 bits per heavy atom. The summed E-state index contributed by atoms with van der Waals surface area (Å²) in [6.45, 7) is 9.30. The van der Waals surface area contributed by atoms with E-state index in [-0.39, 0.29) is 5.91 Å². The molecular formula is C14H21ClN4O. The molecule has 0 bridgehead atoms. The second-order valence-corrected chi connectivity index (χ2v) is 5.21. The van der Waals surface area contributed by atoms with Gasteiger partial charge in [-0.1, -0.05) is 18.5 Å². The molecule has 5 nitrogen and oxygen atoms in total. The van der Waals surface area contributed by atoms with Gasteiger partial charge in [0.2, 0.25) is 0 Å². The summed E-state index contributed by atoms with van der Waals surface area (Å²) in [5.74, 6) is 0.680. The highest BCUT2D eigenvalue weighted by Crippen LogP contribution is 2.17. The fourth-order valence-corrected chi connectivity index (χ4v) is 2.55. The SMILES string of the molecule is CCNc1cc(C(=O)N2CCN(CC)CC2)cc(Cl)n1. The van der Waals surface area contributed by atoms with Crippen molar-refractivity contribution in [3.05, 3.63) is 22.8 Å². The largest absolute Gasteiger partial charge is 0.370 e. The fraction of sp³-hybridized carbons (Fsp3) is 0.571. The first-order chi connectivity index (χ1) is 9.63. The van der Waals surface area contributed by atoms with Crippen LogP contribution in [0.3, 0.4) is 0 Å². The number of anilines is 1. The predicted molar refractivity (Wildman–Crippen MR) is 81.4 cm³/mol. The molecule has 1 amide bonds. The molecule has 2 heterocycles. The van der Waals surface area contributed by atoms with Gasteiger partial charge in [-0.2, -0.15) is 0 Å². The van der Waals surface area contributed by atoms with Crippen molar-refractivity contribution in [1.82, 2.24) is 14.8 Å². The summed E-state index contributed by atoms with van der Waals surface area (Å²) in [5, 5.41) is 3.43. The molecule has 0 spiro atoms. The van der Waals surface area contributed by atoms with Crippen LogP contribution in [-0.2, 0) is 0 Å². The van der Waals surface area contributed by atoms with Crippen molar-refractivity contribution < 1.29 is 4.79 Å². The second-order valence-electron chi connectivity index (χ2n) is 4.82. The summed E-state index contributed by atoms with van der Waals surface area (Å²) in [7, 11) is 0. The molecule has 1 aliphatic heterocycles. The van der Waals surface area contributed by atoms with Crippen molar-refractivity contribution in [2.45, 2.75) is 13.8 Å². The van der Waals surface area contributed by atoms with Crippen LogP contribution >= 0.6 is 11.6 Å². The molecule has 0 unspecified atom stereocenters. The van der Waals surface area contributed by atoms with Crippen molar-refractivity contribution in [2.75, 3.05) is 44.6 Å². The third-order valence-corrected chi connectivity index (χ3v) is 3.70. The van der Waals surface area contributed by atoms with E-state index in [4.69, 9.17) is 11.6 Å². The average Bonchev–Trinajstić information content (AvgIpc) is 2.46. The summed E-state index contributed by atoms with van der Waals surface area (Å²) in [6.07, 6.45) is 0. The number of carbonyl (C=O) groups is 1. The van der Waals surface area contributed by atoms with E-state index in [2.05, 4.69) is 22.1 Å². The maximum Gasteiger partial charge on any atom is 0.254 e. The number of nitrogens with one attached hydrogen (secondary N) is 1. The number of nitrogens with zero attached hydrogens (tertiary/aromatic N) is 3. The second kappa shape index (κ2) is 6.90. The Labute approximate surface area is 124 Å². The van der Waals surface area contributed by atoms with E-state index in [0.717, 1.165) is 39.3 Å². The molecular weight excluding hydrogens is 276 g/mol. The van der Waals surface area contributed by atoms with Gasteiger partial charge in [-0.3, -0.25) is 4.79 Å². The summed E-state index contributed by atoms with van der Waals surface area (Å²) < 4.78 is 0. The smallest absolute Gasteiger partial charge is 0.254 e. The van der Waals surface area contributed by atoms with Gasteiger partial charge in [-0.15, -0.1) is 0 Å². The third kappa shape index (κ3) is 3.61. The number of halogens is 1. The minimum absolute atomic E-state index is 0.0317. The van der Waals surface area contributed by atoms with Crippen LogP contribution in [0.5, 0.6) is 0 Å². The molecule has 1 fully saturated rings. The van der Waals surface area contributed by atoms with Crippen LogP contribution in [-0.4, -0.2) is 60.0 Å². The van der Waals surface area contributed by atoms with E-state index in [9.17, 15) is 4.79 Å². The minimum Gasteiger partial charge on any atom is -0.370 e. The van der Waals surface area contributed by atoms with Gasteiger partial charge < -0.3 is 15.1 Å². The van der Waals surface area contributed by atoms with Crippen molar-refractivity contribution >= 4 is 23.3 Å². The van der Waals surface area contributed by atoms with Crippen LogP contribution in [0.1, 0.15) is 24.2 Å². The molecule has 1 aliphatic rings. The molecule has 2 rings (SSSR count). The maximum atomic E-state index is 12.5. The zero-order valence-corrected chi connectivity index (χ0v) is 12.8. The number of piperazine rings is 1. The van der Waals surface area contributed by atoms with Gasteiger partial charge >= 0.3 is 0 Å². The predicted octanol–water partition coefficient (Wildman–Crippen LogP) is 1.94. The summed E-state index contributed by atoms with van der Waals surface area (Å²) in [4.78, 5) is 20.9. The Balaban J connectivity index is 2.09. The Morgan fingerprint density at radius 1 is 1.30 bits per heavy atom. The lowest BCUT2D eigenvalue weighted by atomic mass is 10.2. The standard InChI is InChI=1S/C14H21ClN4O/c1-3-16-13-10-11(9-12(15)17-13)14(20)19-7-5-18(4-2)6-8-19/h9-10H,3-8H2,1-2H3,(H,16,17). The number of pyridine rings is 1. The zero-order valence-electron chi connectivity index (χ0n) is 12.0. The first kappa shape index (κ1) is 15.1. The Hall–Kier alpha value is -1.33. The Morgan fingerprint density at radius 2 is 2.00 bits per heavy atom. The molecule has 1 saturated heterocycles. The van der Waals surface area contributed by atoms with E-state index in [1.54, 1.807) is 12.1 Å². The van der Waals surface area contributed by atoms with Crippen LogP contribution in [0, 0.1) is 0 Å². The molecule has 0 radical (unpaired) electrons. The van der Waals surface area contributed by atoms with Gasteiger partial charge in [-0.05, 0) is 25.6 Å². The van der Waals surface area contributed by atoms with Crippen molar-refractivity contribution in [3.63, 3.8) is 0 Å². The molecule has 110 valence electrons. The quantitative estimate of drug-likeness (QED) is 0.863. The number of carbonyl (C=O) groups excluding carboxylic acids is 1. The van der Waals surface area contributed by atoms with Gasteiger partial charge in [0, 0.05) is 38.3 Å². The van der Waals surface area contributed by atoms with E-state index < -0.39 is 0 Å². The van der Waals surface area contributed by atoms with Crippen LogP contribution in [0.15, 0.2) is 12.1 Å². The Bertz CT molecular complexity index is 472. The normalized spacial score (nSPS) is 16.2. The van der Waals surface area contributed by atoms with Crippen molar-refractivity contribution in [1.29, 1.82) is 0 Å². The topological polar surface area (TPSA) is 48.5 Å². The molecule has 20 heavy (non-hydrogen) atoms. The number of hydrogen-bond acceptors (Lipinski definition) is 4. The van der Waals surface area contributed by atoms with Crippen LogP contribution < -0.4 is 5.32 Å². The fourth-order valence-electron chi connectivity index (χ4n) is 2.34. The highest BCUT2D eigenvalue weighted by molar-refractivity contribution is 6.29. The molecule has 1 aromatic heterocycles. The van der Waals surface area contributed by atoms with Gasteiger partial charge in [0.25, 0.3) is 5.91 Å². The van der Waals surface area contributed by atoms with E-state index in [1.807, 2.05) is 11.8 Å². The van der Waals surface area contributed by atoms with Gasteiger partial charge in [-0.25, -0.2) is 4.98 Å². The molecule has 1 N–H and O–H groups in total. The monoisotopic (exact) mass is 296 g/mol. The van der Waals surface area contributed by atoms with Crippen LogP contribution in [0.25, 0.3) is 0 Å². The molecule has 0 aromatic carbocycles. The molecule has 6 heteroatoms. The summed E-state index contributed by atoms with van der Waals surface area (Å²) >= 11 is 5.98. The lowest BCUT2D eigenvalue weighted by Crippen LogP contribution is -2.48. The van der Waals surface area contributed by atoms with Gasteiger partial charge in [0.05, 0.1) is 0 Å². The number of likely N-dealkylation sites (N-methyl/N-ethyl adjacent to an activating group) is 1. The van der Waals surface area contributed by atoms with Gasteiger partial charge in [0.15, 0.2) is 0 Å². The van der Waals surface area contributed by atoms with Gasteiger partial charge in [0.1, 0.15) is 11.0 Å². The highest BCUT2D eigenvalue weighted by atomic mass is 35.5. The average molecular weight is 297 g/mol. The van der Waals surface area contributed by atoms with Crippen molar-refractivity contribution in [2.24, 2.45) is 0 Å². The van der Waals surface area contributed by atoms with Crippen LogP contribution in [0.4, 0.5) is 5.82 Å². The number of aromatic nitrogens is 1. The van der Waals surface area contributed by atoms with Crippen LogP contribution in [0.2, 0.25) is 5.15 Å². The van der Waals surface area contributed by atoms with E-state index >= 15 is 0 Å². The summed E-state index contributed by atoms with van der Waals surface area (Å²) in [6, 6.07) is 3.40. The lowest BCUT2D eigenvalue weighted by Gasteiger charge is -2.34. The number of rotatable bonds is 4. The number of amides is 1. The minimum atomic E-state index is 0.0317. The molecule has 0 saturated carbocycles. The molecule has 0 atom stereocenters. The van der Waals surface area contributed by atoms with E-state index in [1.165, 1.54) is 0 Å². The summed E-state index contributed by atoms with van der Waals surface area (Å²) in [5.41, 5.74) is 0.603. The zero-order chi connectivity index (χ0) is 14.5. The third-order valence-electron chi connectivity index (χ3n) is 3.51. The molecule has 0 aliphatic carbocycles. The first-order valence-electron chi connectivity index (χ1n) is 7.07. The van der Waals surface area contributed by atoms with E-state index in [0.29, 0.717) is 16.5 Å².